The molecular formula is C17H17F3N2O3. The highest BCUT2D eigenvalue weighted by molar-refractivity contribution is 5.89. The highest BCUT2D eigenvalue weighted by atomic mass is 19.4. The van der Waals surface area contributed by atoms with Gasteiger partial charge in [-0.2, -0.15) is 0 Å². The van der Waals surface area contributed by atoms with Gasteiger partial charge in [0.25, 0.3) is 0 Å². The van der Waals surface area contributed by atoms with Gasteiger partial charge in [0.05, 0.1) is 12.6 Å². The summed E-state index contributed by atoms with van der Waals surface area (Å²) in [5.74, 6) is -0.379. The van der Waals surface area contributed by atoms with E-state index >= 15 is 0 Å². The standard InChI is InChI=1S/C17H17F3N2O3/c18-17(19,20)25-15-8-6-13(7-9-15)21-16(24)22-14(11-23)10-12-4-2-1-3-5-12/h1-9,14,23H,10-11H2,(H2,21,22,24). The van der Waals surface area contributed by atoms with Crippen molar-refractivity contribution in [2.75, 3.05) is 11.9 Å². The first-order chi connectivity index (χ1) is 11.9. The van der Waals surface area contributed by atoms with Crippen molar-refractivity contribution in [2.45, 2.75) is 18.8 Å². The summed E-state index contributed by atoms with van der Waals surface area (Å²) >= 11 is 0. The van der Waals surface area contributed by atoms with E-state index in [1.807, 2.05) is 30.3 Å². The van der Waals surface area contributed by atoms with Gasteiger partial charge in [-0.1, -0.05) is 30.3 Å². The molecule has 2 rings (SSSR count). The number of alkyl halides is 3. The van der Waals surface area contributed by atoms with Gasteiger partial charge in [0.15, 0.2) is 0 Å². The van der Waals surface area contributed by atoms with Gasteiger partial charge in [0, 0.05) is 5.69 Å². The molecule has 0 heterocycles. The van der Waals surface area contributed by atoms with Gasteiger partial charge >= 0.3 is 12.4 Å². The van der Waals surface area contributed by atoms with Crippen LogP contribution in [-0.2, 0) is 6.42 Å². The molecule has 0 spiro atoms. The molecule has 1 atom stereocenters. The summed E-state index contributed by atoms with van der Waals surface area (Å²) in [7, 11) is 0. The molecule has 25 heavy (non-hydrogen) atoms. The molecule has 0 fully saturated rings. The molecule has 0 aliphatic rings. The predicted octanol–water partition coefficient (Wildman–Crippen LogP) is 3.31. The topological polar surface area (TPSA) is 70.6 Å². The van der Waals surface area contributed by atoms with E-state index in [0.29, 0.717) is 12.1 Å². The number of urea groups is 1. The van der Waals surface area contributed by atoms with Crippen LogP contribution in [0.2, 0.25) is 0 Å². The maximum Gasteiger partial charge on any atom is 0.573 e. The average molecular weight is 354 g/mol. The maximum absolute atomic E-state index is 12.1. The Morgan fingerprint density at radius 2 is 1.72 bits per heavy atom. The van der Waals surface area contributed by atoms with Gasteiger partial charge in [-0.3, -0.25) is 0 Å². The average Bonchev–Trinajstić information content (AvgIpc) is 2.55. The molecule has 134 valence electrons. The molecule has 1 unspecified atom stereocenters. The third kappa shape index (κ3) is 6.72. The SMILES string of the molecule is O=C(Nc1ccc(OC(F)(F)F)cc1)NC(CO)Cc1ccccc1. The van der Waals surface area contributed by atoms with Crippen molar-refractivity contribution in [3.63, 3.8) is 0 Å². The van der Waals surface area contributed by atoms with E-state index in [9.17, 15) is 23.1 Å². The van der Waals surface area contributed by atoms with Crippen molar-refractivity contribution < 1.29 is 27.8 Å². The largest absolute Gasteiger partial charge is 0.573 e. The van der Waals surface area contributed by atoms with Crippen LogP contribution in [0.25, 0.3) is 0 Å². The van der Waals surface area contributed by atoms with E-state index < -0.39 is 18.4 Å². The lowest BCUT2D eigenvalue weighted by Gasteiger charge is -2.17. The molecule has 0 saturated heterocycles. The third-order valence-corrected chi connectivity index (χ3v) is 3.23. The Bertz CT molecular complexity index is 676. The quantitative estimate of drug-likeness (QED) is 0.745. The van der Waals surface area contributed by atoms with Crippen LogP contribution in [0.15, 0.2) is 54.6 Å². The third-order valence-electron chi connectivity index (χ3n) is 3.23. The summed E-state index contributed by atoms with van der Waals surface area (Å²) in [5, 5.41) is 14.5. The zero-order valence-corrected chi connectivity index (χ0v) is 13.1. The molecule has 0 radical (unpaired) electrons. The predicted molar refractivity (Wildman–Crippen MR) is 86.3 cm³/mol. The first-order valence-electron chi connectivity index (χ1n) is 7.44. The van der Waals surface area contributed by atoms with Crippen LogP contribution >= 0.6 is 0 Å². The second kappa shape index (κ2) is 8.39. The second-order valence-electron chi connectivity index (χ2n) is 5.24. The fourth-order valence-electron chi connectivity index (χ4n) is 2.15. The molecule has 0 bridgehead atoms. The number of nitrogens with one attached hydrogen (secondary N) is 2. The van der Waals surface area contributed by atoms with Crippen molar-refractivity contribution in [3.8, 4) is 5.75 Å². The number of carbonyl (C=O) groups excluding carboxylic acids is 1. The van der Waals surface area contributed by atoms with E-state index in [1.54, 1.807) is 0 Å². The van der Waals surface area contributed by atoms with Crippen molar-refractivity contribution in [1.82, 2.24) is 5.32 Å². The van der Waals surface area contributed by atoms with Crippen LogP contribution in [0, 0.1) is 0 Å². The fourth-order valence-corrected chi connectivity index (χ4v) is 2.15. The minimum Gasteiger partial charge on any atom is -0.406 e. The summed E-state index contributed by atoms with van der Waals surface area (Å²) in [6.45, 7) is -0.249. The zero-order chi connectivity index (χ0) is 18.3. The molecule has 0 saturated carbocycles. The monoisotopic (exact) mass is 354 g/mol. The van der Waals surface area contributed by atoms with Crippen LogP contribution in [0.5, 0.6) is 5.75 Å². The van der Waals surface area contributed by atoms with Crippen LogP contribution < -0.4 is 15.4 Å². The van der Waals surface area contributed by atoms with Crippen LogP contribution in [0.1, 0.15) is 5.56 Å². The van der Waals surface area contributed by atoms with E-state index in [2.05, 4.69) is 15.4 Å². The second-order valence-corrected chi connectivity index (χ2v) is 5.24. The van der Waals surface area contributed by atoms with Crippen molar-refractivity contribution >= 4 is 11.7 Å². The van der Waals surface area contributed by atoms with Crippen LogP contribution in [0.4, 0.5) is 23.7 Å². The number of anilines is 1. The van der Waals surface area contributed by atoms with Crippen LogP contribution in [0.3, 0.4) is 0 Å². The van der Waals surface area contributed by atoms with Gasteiger partial charge in [-0.05, 0) is 36.2 Å². The summed E-state index contributed by atoms with van der Waals surface area (Å²) < 4.78 is 40.0. The molecule has 3 N–H and O–H groups in total. The molecular weight excluding hydrogens is 337 g/mol. The smallest absolute Gasteiger partial charge is 0.406 e. The summed E-state index contributed by atoms with van der Waals surface area (Å²) in [6.07, 6.45) is -4.32. The van der Waals surface area contributed by atoms with E-state index in [0.717, 1.165) is 17.7 Å². The van der Waals surface area contributed by atoms with Crippen molar-refractivity contribution in [3.05, 3.63) is 60.2 Å². The van der Waals surface area contributed by atoms with Gasteiger partial charge in [-0.15, -0.1) is 13.2 Å². The molecule has 0 aliphatic carbocycles. The van der Waals surface area contributed by atoms with Crippen molar-refractivity contribution in [2.24, 2.45) is 0 Å². The van der Waals surface area contributed by atoms with Gasteiger partial charge in [0.1, 0.15) is 5.75 Å². The molecule has 2 amide bonds. The molecule has 8 heteroatoms. The highest BCUT2D eigenvalue weighted by Crippen LogP contribution is 2.23. The number of hydrogen-bond donors (Lipinski definition) is 3. The Morgan fingerprint density at radius 3 is 2.28 bits per heavy atom. The lowest BCUT2D eigenvalue weighted by Crippen LogP contribution is -2.41. The lowest BCUT2D eigenvalue weighted by atomic mass is 10.1. The van der Waals surface area contributed by atoms with Crippen molar-refractivity contribution in [1.29, 1.82) is 0 Å². The number of halogens is 3. The number of hydrogen-bond acceptors (Lipinski definition) is 3. The Morgan fingerprint density at radius 1 is 1.08 bits per heavy atom. The number of amides is 2. The van der Waals surface area contributed by atoms with Crippen LogP contribution in [-0.4, -0.2) is 30.1 Å². The van der Waals surface area contributed by atoms with E-state index in [4.69, 9.17) is 0 Å². The minimum atomic E-state index is -4.77. The number of aliphatic hydroxyl groups is 1. The molecule has 2 aromatic carbocycles. The Labute approximate surface area is 142 Å². The Hall–Kier alpha value is -2.74. The van der Waals surface area contributed by atoms with E-state index in [-0.39, 0.29) is 12.4 Å². The van der Waals surface area contributed by atoms with Gasteiger partial charge in [-0.25, -0.2) is 4.79 Å². The number of benzene rings is 2. The number of carbonyl (C=O) groups is 1. The number of rotatable bonds is 6. The van der Waals surface area contributed by atoms with Gasteiger partial charge < -0.3 is 20.5 Å². The Balaban J connectivity index is 1.88. The molecule has 0 aliphatic heterocycles. The summed E-state index contributed by atoms with van der Waals surface area (Å²) in [5.41, 5.74) is 1.25. The van der Waals surface area contributed by atoms with E-state index in [1.165, 1.54) is 12.1 Å². The molecule has 2 aromatic rings. The normalized spacial score (nSPS) is 12.3. The number of aliphatic hydroxyl groups excluding tert-OH is 1. The fraction of sp³-hybridized carbons (Fsp3) is 0.235. The minimum absolute atomic E-state index is 0.249. The first-order valence-corrected chi connectivity index (χ1v) is 7.44. The molecule has 0 aromatic heterocycles. The van der Waals surface area contributed by atoms with Gasteiger partial charge in [0.2, 0.25) is 0 Å². The Kier molecular flexibility index (Phi) is 6.24. The summed E-state index contributed by atoms with van der Waals surface area (Å²) in [4.78, 5) is 11.9. The zero-order valence-electron chi connectivity index (χ0n) is 13.1. The highest BCUT2D eigenvalue weighted by Gasteiger charge is 2.30. The molecule has 5 nitrogen and oxygen atoms in total. The lowest BCUT2D eigenvalue weighted by molar-refractivity contribution is -0.274. The summed E-state index contributed by atoms with van der Waals surface area (Å²) in [6, 6.07) is 13.0. The maximum atomic E-state index is 12.1. The first kappa shape index (κ1) is 18.6. The number of ether oxygens (including phenoxy) is 1.